The van der Waals surface area contributed by atoms with Gasteiger partial charge in [-0.05, 0) is 50.4 Å². The molecule has 0 aromatic rings. The highest BCUT2D eigenvalue weighted by Crippen LogP contribution is 2.46. The van der Waals surface area contributed by atoms with Crippen LogP contribution in [0.25, 0.3) is 0 Å². The molecular formula is C12H22O. The smallest absolute Gasteiger partial charge is 0.0683 e. The second-order valence-corrected chi connectivity index (χ2v) is 5.43. The molecular weight excluding hydrogens is 160 g/mol. The fourth-order valence-corrected chi connectivity index (χ4v) is 3.06. The molecule has 1 saturated heterocycles. The lowest BCUT2D eigenvalue weighted by molar-refractivity contribution is -0.0444. The van der Waals surface area contributed by atoms with Gasteiger partial charge >= 0.3 is 0 Å². The summed E-state index contributed by atoms with van der Waals surface area (Å²) in [6, 6.07) is 0. The predicted molar refractivity (Wildman–Crippen MR) is 54.6 cm³/mol. The Morgan fingerprint density at radius 1 is 1.31 bits per heavy atom. The molecule has 0 aromatic carbocycles. The topological polar surface area (TPSA) is 9.23 Å². The first kappa shape index (κ1) is 9.51. The summed E-state index contributed by atoms with van der Waals surface area (Å²) in [6.45, 7) is 8.06. The van der Waals surface area contributed by atoms with Crippen LogP contribution in [-0.2, 0) is 4.74 Å². The minimum absolute atomic E-state index is 0.255. The Labute approximate surface area is 81.9 Å². The minimum atomic E-state index is 0.255. The molecule has 0 bridgehead atoms. The molecule has 0 amide bonds. The first-order valence-electron chi connectivity index (χ1n) is 5.76. The first-order valence-corrected chi connectivity index (χ1v) is 5.76. The largest absolute Gasteiger partial charge is 0.375 e. The summed E-state index contributed by atoms with van der Waals surface area (Å²) < 4.78 is 5.87. The third-order valence-corrected chi connectivity index (χ3v) is 4.30. The van der Waals surface area contributed by atoms with Crippen LogP contribution in [-0.4, -0.2) is 12.2 Å². The number of hydrogen-bond acceptors (Lipinski definition) is 1. The van der Waals surface area contributed by atoms with Crippen molar-refractivity contribution in [3.05, 3.63) is 0 Å². The molecule has 2 fully saturated rings. The molecule has 2 aliphatic rings. The molecule has 0 spiro atoms. The third-order valence-electron chi connectivity index (χ3n) is 4.30. The molecule has 0 aromatic heterocycles. The molecule has 76 valence electrons. The predicted octanol–water partition coefficient (Wildman–Crippen LogP) is 3.24. The monoisotopic (exact) mass is 182 g/mol. The Balaban J connectivity index is 2.02. The fraction of sp³-hybridized carbons (Fsp3) is 1.00. The van der Waals surface area contributed by atoms with E-state index in [1.165, 1.54) is 25.7 Å². The highest BCUT2D eigenvalue weighted by Gasteiger charge is 2.44. The SMILES string of the molecule is CC(C)C1CCC2(C)OCCC2C1. The van der Waals surface area contributed by atoms with Crippen molar-refractivity contribution < 1.29 is 4.74 Å². The van der Waals surface area contributed by atoms with Crippen LogP contribution in [0, 0.1) is 17.8 Å². The van der Waals surface area contributed by atoms with E-state index in [-0.39, 0.29) is 5.60 Å². The molecule has 1 nitrogen and oxygen atoms in total. The minimum Gasteiger partial charge on any atom is -0.375 e. The third kappa shape index (κ3) is 1.63. The van der Waals surface area contributed by atoms with Crippen molar-refractivity contribution in [3.63, 3.8) is 0 Å². The van der Waals surface area contributed by atoms with E-state index in [0.29, 0.717) is 0 Å². The van der Waals surface area contributed by atoms with Gasteiger partial charge in [-0.3, -0.25) is 0 Å². The molecule has 3 atom stereocenters. The highest BCUT2D eigenvalue weighted by molar-refractivity contribution is 4.94. The van der Waals surface area contributed by atoms with E-state index in [1.54, 1.807) is 0 Å². The van der Waals surface area contributed by atoms with E-state index in [4.69, 9.17) is 4.74 Å². The van der Waals surface area contributed by atoms with Crippen molar-refractivity contribution >= 4 is 0 Å². The van der Waals surface area contributed by atoms with Crippen molar-refractivity contribution in [2.45, 2.75) is 52.1 Å². The standard InChI is InChI=1S/C12H22O/c1-9(2)10-4-6-12(3)11(8-10)5-7-13-12/h9-11H,4-8H2,1-3H3. The summed E-state index contributed by atoms with van der Waals surface area (Å²) in [5.74, 6) is 2.68. The lowest BCUT2D eigenvalue weighted by Gasteiger charge is -2.40. The maximum Gasteiger partial charge on any atom is 0.0683 e. The van der Waals surface area contributed by atoms with Gasteiger partial charge in [-0.2, -0.15) is 0 Å². The van der Waals surface area contributed by atoms with E-state index >= 15 is 0 Å². The van der Waals surface area contributed by atoms with Gasteiger partial charge in [0.2, 0.25) is 0 Å². The molecule has 3 unspecified atom stereocenters. The summed E-state index contributed by atoms with van der Waals surface area (Å²) in [5.41, 5.74) is 0.255. The Morgan fingerprint density at radius 3 is 2.77 bits per heavy atom. The molecule has 2 rings (SSSR count). The number of rotatable bonds is 1. The lowest BCUT2D eigenvalue weighted by Crippen LogP contribution is -2.38. The van der Waals surface area contributed by atoms with Gasteiger partial charge in [0.05, 0.1) is 5.60 Å². The number of ether oxygens (including phenoxy) is 1. The van der Waals surface area contributed by atoms with Crippen LogP contribution in [0.1, 0.15) is 46.5 Å². The first-order chi connectivity index (χ1) is 6.12. The van der Waals surface area contributed by atoms with Crippen molar-refractivity contribution in [3.8, 4) is 0 Å². The van der Waals surface area contributed by atoms with E-state index in [1.807, 2.05) is 0 Å². The van der Waals surface area contributed by atoms with Crippen LogP contribution in [0.2, 0.25) is 0 Å². The quantitative estimate of drug-likeness (QED) is 0.605. The molecule has 13 heavy (non-hydrogen) atoms. The zero-order chi connectivity index (χ0) is 9.47. The average Bonchev–Trinajstić information content (AvgIpc) is 2.44. The lowest BCUT2D eigenvalue weighted by atomic mass is 9.69. The zero-order valence-corrected chi connectivity index (χ0v) is 9.18. The van der Waals surface area contributed by atoms with Gasteiger partial charge in [0.1, 0.15) is 0 Å². The highest BCUT2D eigenvalue weighted by atomic mass is 16.5. The second-order valence-electron chi connectivity index (χ2n) is 5.43. The maximum absolute atomic E-state index is 5.87. The average molecular weight is 182 g/mol. The van der Waals surface area contributed by atoms with E-state index < -0.39 is 0 Å². The van der Waals surface area contributed by atoms with Gasteiger partial charge < -0.3 is 4.74 Å². The summed E-state index contributed by atoms with van der Waals surface area (Å²) in [7, 11) is 0. The van der Waals surface area contributed by atoms with Gasteiger partial charge in [-0.25, -0.2) is 0 Å². The molecule has 1 saturated carbocycles. The summed E-state index contributed by atoms with van der Waals surface area (Å²) in [5, 5.41) is 0. The molecule has 1 aliphatic heterocycles. The van der Waals surface area contributed by atoms with Gasteiger partial charge in [-0.1, -0.05) is 13.8 Å². The van der Waals surface area contributed by atoms with Gasteiger partial charge in [0, 0.05) is 6.61 Å². The second kappa shape index (κ2) is 3.27. The van der Waals surface area contributed by atoms with Crippen LogP contribution in [0.5, 0.6) is 0 Å². The Hall–Kier alpha value is -0.0400. The van der Waals surface area contributed by atoms with Gasteiger partial charge in [0.25, 0.3) is 0 Å². The van der Waals surface area contributed by atoms with E-state index in [9.17, 15) is 0 Å². The zero-order valence-electron chi connectivity index (χ0n) is 9.18. The summed E-state index contributed by atoms with van der Waals surface area (Å²) in [6.07, 6.45) is 5.39. The van der Waals surface area contributed by atoms with Crippen LogP contribution < -0.4 is 0 Å². The number of fused-ring (bicyclic) bond motifs is 1. The van der Waals surface area contributed by atoms with Crippen molar-refractivity contribution in [1.29, 1.82) is 0 Å². The summed E-state index contributed by atoms with van der Waals surface area (Å²) in [4.78, 5) is 0. The Morgan fingerprint density at radius 2 is 2.08 bits per heavy atom. The van der Waals surface area contributed by atoms with Crippen LogP contribution in [0.15, 0.2) is 0 Å². The number of hydrogen-bond donors (Lipinski definition) is 0. The van der Waals surface area contributed by atoms with E-state index in [0.717, 1.165) is 24.4 Å². The maximum atomic E-state index is 5.87. The Bertz CT molecular complexity index is 188. The Kier molecular flexibility index (Phi) is 2.39. The molecule has 0 N–H and O–H groups in total. The van der Waals surface area contributed by atoms with Crippen LogP contribution in [0.3, 0.4) is 0 Å². The van der Waals surface area contributed by atoms with Crippen molar-refractivity contribution in [2.75, 3.05) is 6.61 Å². The van der Waals surface area contributed by atoms with Crippen molar-refractivity contribution in [1.82, 2.24) is 0 Å². The normalized spacial score (nSPS) is 45.2. The molecule has 1 heteroatoms. The summed E-state index contributed by atoms with van der Waals surface area (Å²) >= 11 is 0. The van der Waals surface area contributed by atoms with Crippen molar-refractivity contribution in [2.24, 2.45) is 17.8 Å². The van der Waals surface area contributed by atoms with Gasteiger partial charge in [-0.15, -0.1) is 0 Å². The molecule has 1 aliphatic carbocycles. The van der Waals surface area contributed by atoms with Crippen LogP contribution >= 0.6 is 0 Å². The molecule has 0 radical (unpaired) electrons. The van der Waals surface area contributed by atoms with Crippen LogP contribution in [0.4, 0.5) is 0 Å². The van der Waals surface area contributed by atoms with E-state index in [2.05, 4.69) is 20.8 Å². The molecule has 1 heterocycles. The fourth-order valence-electron chi connectivity index (χ4n) is 3.06. The van der Waals surface area contributed by atoms with Gasteiger partial charge in [0.15, 0.2) is 0 Å².